The van der Waals surface area contributed by atoms with E-state index in [1.165, 1.54) is 30.5 Å². The number of nitrogens with zero attached hydrogens (tertiary/aromatic N) is 3. The highest BCUT2D eigenvalue weighted by molar-refractivity contribution is 5.92. The second-order valence-electron chi connectivity index (χ2n) is 11.7. The summed E-state index contributed by atoms with van der Waals surface area (Å²) < 4.78 is 0. The Kier molecular flexibility index (Phi) is 5.45. The number of hydrogen-bond acceptors (Lipinski definition) is 3. The summed E-state index contributed by atoms with van der Waals surface area (Å²) in [6.45, 7) is 7.18. The normalized spacial score (nSPS) is 38.0. The minimum absolute atomic E-state index is 0.115. The van der Waals surface area contributed by atoms with Gasteiger partial charge < -0.3 is 4.90 Å². The lowest BCUT2D eigenvalue weighted by Gasteiger charge is -2.59. The van der Waals surface area contributed by atoms with Crippen LogP contribution in [0.4, 0.5) is 5.82 Å². The first kappa shape index (κ1) is 22.6. The van der Waals surface area contributed by atoms with Crippen LogP contribution in [0.2, 0.25) is 0 Å². The van der Waals surface area contributed by atoms with Gasteiger partial charge in [-0.1, -0.05) is 25.5 Å². The standard InChI is InChI=1S/C28H39N3O2/c1-18-16-20-21-10-9-19(17-25(33)30(4)23-8-6-7-15-29-23)27(21,2)13-11-22(20)28(3)14-12-24(32)31(5)26(18)28/h6-8,15,19-22H,9-14,16-17H2,1-5H3/t19-,20?,21+,22?,27-,28-/m1/s1. The van der Waals surface area contributed by atoms with Crippen molar-refractivity contribution in [1.82, 2.24) is 9.88 Å². The average molecular weight is 450 g/mol. The van der Waals surface area contributed by atoms with Crippen LogP contribution in [-0.2, 0) is 9.59 Å². The molecule has 6 atom stereocenters. The number of pyridine rings is 1. The quantitative estimate of drug-likeness (QED) is 0.618. The van der Waals surface area contributed by atoms with E-state index in [-0.39, 0.29) is 22.6 Å². The van der Waals surface area contributed by atoms with E-state index in [1.807, 2.05) is 37.2 Å². The maximum atomic E-state index is 13.2. The molecule has 33 heavy (non-hydrogen) atoms. The van der Waals surface area contributed by atoms with E-state index >= 15 is 0 Å². The number of hydrogen-bond donors (Lipinski definition) is 0. The summed E-state index contributed by atoms with van der Waals surface area (Å²) in [4.78, 5) is 33.8. The molecule has 5 rings (SSSR count). The van der Waals surface area contributed by atoms with E-state index in [1.54, 1.807) is 11.1 Å². The van der Waals surface area contributed by atoms with Crippen molar-refractivity contribution in [2.75, 3.05) is 19.0 Å². The number of allylic oxidation sites excluding steroid dienone is 2. The lowest BCUT2D eigenvalue weighted by molar-refractivity contribution is -0.136. The number of fused-ring (bicyclic) bond motifs is 5. The van der Waals surface area contributed by atoms with Crippen molar-refractivity contribution in [2.24, 2.45) is 34.5 Å². The van der Waals surface area contributed by atoms with E-state index in [4.69, 9.17) is 0 Å². The molecule has 178 valence electrons. The molecule has 1 aromatic heterocycles. The zero-order valence-electron chi connectivity index (χ0n) is 20.9. The number of amides is 2. The molecule has 1 saturated heterocycles. The number of likely N-dealkylation sites (tertiary alicyclic amines) is 1. The molecule has 1 aliphatic heterocycles. The highest BCUT2D eigenvalue weighted by atomic mass is 16.2. The molecule has 3 aliphatic carbocycles. The van der Waals surface area contributed by atoms with Gasteiger partial charge in [-0.3, -0.25) is 14.5 Å². The number of carbonyl (C=O) groups is 2. The summed E-state index contributed by atoms with van der Waals surface area (Å²) in [5.74, 6) is 3.63. The lowest BCUT2D eigenvalue weighted by atomic mass is 9.48. The van der Waals surface area contributed by atoms with Gasteiger partial charge in [-0.15, -0.1) is 0 Å². The van der Waals surface area contributed by atoms with E-state index in [0.29, 0.717) is 36.5 Å². The molecule has 2 heterocycles. The fourth-order valence-corrected chi connectivity index (χ4v) is 8.58. The predicted octanol–water partition coefficient (Wildman–Crippen LogP) is 5.43. The van der Waals surface area contributed by atoms with Gasteiger partial charge in [0.2, 0.25) is 11.8 Å². The van der Waals surface area contributed by atoms with Crippen LogP contribution in [0.5, 0.6) is 0 Å². The Morgan fingerprint density at radius 3 is 2.70 bits per heavy atom. The third-order valence-electron chi connectivity index (χ3n) is 10.3. The Morgan fingerprint density at radius 2 is 1.97 bits per heavy atom. The van der Waals surface area contributed by atoms with Crippen molar-refractivity contribution in [3.8, 4) is 0 Å². The summed E-state index contributed by atoms with van der Waals surface area (Å²) in [6, 6.07) is 5.73. The first-order valence-electron chi connectivity index (χ1n) is 12.8. The third-order valence-corrected chi connectivity index (χ3v) is 10.3. The monoisotopic (exact) mass is 449 g/mol. The number of piperidine rings is 1. The number of rotatable bonds is 3. The van der Waals surface area contributed by atoms with Crippen molar-refractivity contribution in [3.05, 3.63) is 35.7 Å². The molecule has 4 aliphatic rings. The molecule has 5 heteroatoms. The number of carbonyl (C=O) groups excluding carboxylic acids is 2. The van der Waals surface area contributed by atoms with Crippen molar-refractivity contribution < 1.29 is 9.59 Å². The van der Waals surface area contributed by atoms with E-state index < -0.39 is 0 Å². The molecule has 5 nitrogen and oxygen atoms in total. The van der Waals surface area contributed by atoms with E-state index in [2.05, 4.69) is 25.8 Å². The lowest BCUT2D eigenvalue weighted by Crippen LogP contribution is -2.54. The topological polar surface area (TPSA) is 53.5 Å². The average Bonchev–Trinajstić information content (AvgIpc) is 3.13. The minimum atomic E-state index is 0.115. The summed E-state index contributed by atoms with van der Waals surface area (Å²) in [5, 5.41) is 0. The van der Waals surface area contributed by atoms with Crippen LogP contribution in [0.3, 0.4) is 0 Å². The second-order valence-corrected chi connectivity index (χ2v) is 11.7. The van der Waals surface area contributed by atoms with Gasteiger partial charge in [0.15, 0.2) is 0 Å². The molecule has 0 radical (unpaired) electrons. The van der Waals surface area contributed by atoms with E-state index in [0.717, 1.165) is 25.1 Å². The van der Waals surface area contributed by atoms with Gasteiger partial charge in [-0.25, -0.2) is 4.98 Å². The highest BCUT2D eigenvalue weighted by Crippen LogP contribution is 2.67. The number of anilines is 1. The minimum Gasteiger partial charge on any atom is -0.319 e. The second kappa shape index (κ2) is 7.95. The van der Waals surface area contributed by atoms with Crippen LogP contribution in [0.15, 0.2) is 35.7 Å². The van der Waals surface area contributed by atoms with Gasteiger partial charge in [0.25, 0.3) is 0 Å². The van der Waals surface area contributed by atoms with Gasteiger partial charge in [0, 0.05) is 44.2 Å². The smallest absolute Gasteiger partial charge is 0.228 e. The molecule has 0 aromatic carbocycles. The van der Waals surface area contributed by atoms with Crippen LogP contribution in [0, 0.1) is 34.5 Å². The van der Waals surface area contributed by atoms with Gasteiger partial charge in [-0.2, -0.15) is 0 Å². The van der Waals surface area contributed by atoms with Gasteiger partial charge in [-0.05, 0) is 86.7 Å². The summed E-state index contributed by atoms with van der Waals surface area (Å²) in [7, 11) is 3.84. The predicted molar refractivity (Wildman–Crippen MR) is 130 cm³/mol. The fraction of sp³-hybridized carbons (Fsp3) is 0.679. The molecule has 0 spiro atoms. The van der Waals surface area contributed by atoms with Crippen LogP contribution >= 0.6 is 0 Å². The van der Waals surface area contributed by atoms with Crippen molar-refractivity contribution >= 4 is 17.6 Å². The third kappa shape index (κ3) is 3.37. The zero-order chi connectivity index (χ0) is 23.5. The van der Waals surface area contributed by atoms with Gasteiger partial charge >= 0.3 is 0 Å². The van der Waals surface area contributed by atoms with E-state index in [9.17, 15) is 9.59 Å². The molecule has 1 aromatic rings. The molecule has 2 unspecified atom stereocenters. The van der Waals surface area contributed by atoms with Crippen molar-refractivity contribution in [1.29, 1.82) is 0 Å². The first-order chi connectivity index (χ1) is 15.7. The van der Waals surface area contributed by atoms with Crippen LogP contribution in [0.25, 0.3) is 0 Å². The SMILES string of the molecule is CC1=C2N(C)C(=O)CC[C@]2(C)C2CC[C@]3(C)[C@@H](CC(=O)N(C)c4ccccn4)CC[C@H]3C2C1. The highest BCUT2D eigenvalue weighted by Gasteiger charge is 2.60. The summed E-state index contributed by atoms with van der Waals surface area (Å²) in [5.41, 5.74) is 3.09. The molecule has 2 amide bonds. The Hall–Kier alpha value is -2.17. The molecule has 0 bridgehead atoms. The number of aromatic nitrogens is 1. The van der Waals surface area contributed by atoms with Crippen molar-refractivity contribution in [2.45, 2.75) is 72.1 Å². The Balaban J connectivity index is 1.37. The maximum absolute atomic E-state index is 13.2. The maximum Gasteiger partial charge on any atom is 0.228 e. The zero-order valence-corrected chi connectivity index (χ0v) is 20.9. The fourth-order valence-electron chi connectivity index (χ4n) is 8.58. The molecule has 2 saturated carbocycles. The van der Waals surface area contributed by atoms with Gasteiger partial charge in [0.1, 0.15) is 5.82 Å². The molecular formula is C28H39N3O2. The molecular weight excluding hydrogens is 410 g/mol. The Bertz CT molecular complexity index is 988. The van der Waals surface area contributed by atoms with Crippen molar-refractivity contribution in [3.63, 3.8) is 0 Å². The largest absolute Gasteiger partial charge is 0.319 e. The van der Waals surface area contributed by atoms with Crippen LogP contribution in [-0.4, -0.2) is 35.8 Å². The van der Waals surface area contributed by atoms with Crippen LogP contribution < -0.4 is 4.90 Å². The summed E-state index contributed by atoms with van der Waals surface area (Å²) in [6.07, 6.45) is 9.94. The molecule has 0 N–H and O–H groups in total. The Morgan fingerprint density at radius 1 is 1.18 bits per heavy atom. The molecule has 3 fully saturated rings. The first-order valence-corrected chi connectivity index (χ1v) is 12.8. The Labute approximate surface area is 198 Å². The van der Waals surface area contributed by atoms with Crippen LogP contribution in [0.1, 0.15) is 72.1 Å². The van der Waals surface area contributed by atoms with Gasteiger partial charge in [0.05, 0.1) is 0 Å². The summed E-state index contributed by atoms with van der Waals surface area (Å²) >= 11 is 0.